The molecule has 4 rings (SSSR count). The van der Waals surface area contributed by atoms with Crippen molar-refractivity contribution in [3.8, 4) is 0 Å². The number of anilines is 1. The summed E-state index contributed by atoms with van der Waals surface area (Å²) in [6.07, 6.45) is 2.01. The van der Waals surface area contributed by atoms with Gasteiger partial charge in [-0.1, -0.05) is 72.8 Å². The van der Waals surface area contributed by atoms with E-state index in [1.54, 1.807) is 0 Å². The summed E-state index contributed by atoms with van der Waals surface area (Å²) in [5.74, 6) is 0.128. The van der Waals surface area contributed by atoms with E-state index in [4.69, 9.17) is 0 Å². The molecule has 3 aromatic rings. The topological polar surface area (TPSA) is 20.3 Å². The van der Waals surface area contributed by atoms with Crippen molar-refractivity contribution < 1.29 is 4.79 Å². The van der Waals surface area contributed by atoms with Crippen molar-refractivity contribution >= 4 is 17.5 Å². The van der Waals surface area contributed by atoms with Gasteiger partial charge in [0.15, 0.2) is 5.78 Å². The van der Waals surface area contributed by atoms with Gasteiger partial charge in [0.05, 0.1) is 0 Å². The fraction of sp³-hybridized carbons (Fsp3) is 0.0870. The fourth-order valence-electron chi connectivity index (χ4n) is 3.28. The van der Waals surface area contributed by atoms with Gasteiger partial charge in [-0.15, -0.1) is 0 Å². The van der Waals surface area contributed by atoms with Crippen molar-refractivity contribution in [2.75, 3.05) is 11.4 Å². The number of hydrogen-bond acceptors (Lipinski definition) is 2. The summed E-state index contributed by atoms with van der Waals surface area (Å²) < 4.78 is 0. The molecule has 0 spiro atoms. The monoisotopic (exact) mass is 325 g/mol. The largest absolute Gasteiger partial charge is 0.362 e. The number of hydrogen-bond donors (Lipinski definition) is 0. The molecule has 0 saturated carbocycles. The summed E-state index contributed by atoms with van der Waals surface area (Å²) in [4.78, 5) is 15.2. The van der Waals surface area contributed by atoms with Crippen LogP contribution in [-0.2, 0) is 6.54 Å². The Bertz CT molecular complexity index is 913. The maximum atomic E-state index is 12.9. The molecule has 2 nitrogen and oxygen atoms in total. The lowest BCUT2D eigenvalue weighted by Crippen LogP contribution is -2.33. The number of carbonyl (C=O) groups excluding carboxylic acids is 1. The van der Waals surface area contributed by atoms with Crippen LogP contribution >= 0.6 is 0 Å². The second-order valence-electron chi connectivity index (χ2n) is 6.27. The standard InChI is InChI=1S/C23H19NO/c25-23-20(15-18-9-3-1-4-10-18)17-24(16-19-11-5-2-6-12-19)22-14-8-7-13-21(22)23/h1-15H,16-17H2. The Morgan fingerprint density at radius 1 is 0.800 bits per heavy atom. The van der Waals surface area contributed by atoms with Crippen LogP contribution in [0.3, 0.4) is 0 Å². The molecule has 0 unspecified atom stereocenters. The molecule has 3 aromatic carbocycles. The van der Waals surface area contributed by atoms with Gasteiger partial charge in [-0.3, -0.25) is 4.79 Å². The third-order valence-corrected chi connectivity index (χ3v) is 4.50. The highest BCUT2D eigenvalue weighted by molar-refractivity contribution is 6.16. The average Bonchev–Trinajstić information content (AvgIpc) is 2.67. The van der Waals surface area contributed by atoms with Gasteiger partial charge in [-0.2, -0.15) is 0 Å². The number of Topliss-reactive ketones (excluding diaryl/α,β-unsaturated/α-hetero) is 1. The minimum absolute atomic E-state index is 0.128. The summed E-state index contributed by atoms with van der Waals surface area (Å²) in [6, 6.07) is 28.3. The highest BCUT2D eigenvalue weighted by atomic mass is 16.1. The van der Waals surface area contributed by atoms with Gasteiger partial charge in [-0.05, 0) is 29.3 Å². The number of ketones is 1. The minimum atomic E-state index is 0.128. The third-order valence-electron chi connectivity index (χ3n) is 4.50. The highest BCUT2D eigenvalue weighted by Crippen LogP contribution is 2.31. The Kier molecular flexibility index (Phi) is 4.17. The molecule has 1 aliphatic heterocycles. The molecule has 0 radical (unpaired) electrons. The molecule has 0 N–H and O–H groups in total. The van der Waals surface area contributed by atoms with Crippen molar-refractivity contribution in [3.05, 3.63) is 107 Å². The Morgan fingerprint density at radius 2 is 1.44 bits per heavy atom. The second kappa shape index (κ2) is 6.78. The van der Waals surface area contributed by atoms with Crippen LogP contribution in [0.25, 0.3) is 6.08 Å². The van der Waals surface area contributed by atoms with E-state index in [0.29, 0.717) is 6.54 Å². The first-order chi connectivity index (χ1) is 12.3. The average molecular weight is 325 g/mol. The predicted molar refractivity (Wildman–Crippen MR) is 103 cm³/mol. The molecule has 1 aliphatic rings. The first-order valence-electron chi connectivity index (χ1n) is 8.49. The molecule has 122 valence electrons. The number of carbonyl (C=O) groups is 1. The van der Waals surface area contributed by atoms with Gasteiger partial charge in [0.1, 0.15) is 0 Å². The first-order valence-corrected chi connectivity index (χ1v) is 8.49. The Labute approximate surface area is 148 Å². The number of rotatable bonds is 3. The molecule has 0 fully saturated rings. The van der Waals surface area contributed by atoms with Gasteiger partial charge < -0.3 is 4.90 Å². The van der Waals surface area contributed by atoms with Crippen molar-refractivity contribution in [1.29, 1.82) is 0 Å². The number of nitrogens with zero attached hydrogens (tertiary/aromatic N) is 1. The maximum absolute atomic E-state index is 12.9. The zero-order valence-electron chi connectivity index (χ0n) is 13.9. The van der Waals surface area contributed by atoms with E-state index in [1.165, 1.54) is 5.56 Å². The Hall–Kier alpha value is -3.13. The quantitative estimate of drug-likeness (QED) is 0.633. The van der Waals surface area contributed by atoms with Gasteiger partial charge >= 0.3 is 0 Å². The van der Waals surface area contributed by atoms with Crippen molar-refractivity contribution in [3.63, 3.8) is 0 Å². The van der Waals surface area contributed by atoms with E-state index in [2.05, 4.69) is 29.2 Å². The summed E-state index contributed by atoms with van der Waals surface area (Å²) >= 11 is 0. The lowest BCUT2D eigenvalue weighted by molar-refractivity contribution is 0.103. The molecule has 25 heavy (non-hydrogen) atoms. The molecule has 0 aliphatic carbocycles. The molecule has 0 saturated heterocycles. The van der Waals surface area contributed by atoms with Gasteiger partial charge in [0.25, 0.3) is 0 Å². The third kappa shape index (κ3) is 3.24. The predicted octanol–water partition coefficient (Wildman–Crippen LogP) is 4.97. The summed E-state index contributed by atoms with van der Waals surface area (Å²) in [7, 11) is 0. The molecule has 0 amide bonds. The number of fused-ring (bicyclic) bond motifs is 1. The molecular weight excluding hydrogens is 306 g/mol. The zero-order chi connectivity index (χ0) is 17.1. The van der Waals surface area contributed by atoms with Crippen LogP contribution in [0.15, 0.2) is 90.5 Å². The molecular formula is C23H19NO. The smallest absolute Gasteiger partial charge is 0.192 e. The van der Waals surface area contributed by atoms with E-state index in [0.717, 1.165) is 28.9 Å². The first kappa shape index (κ1) is 15.4. The minimum Gasteiger partial charge on any atom is -0.362 e. The van der Waals surface area contributed by atoms with Crippen LogP contribution < -0.4 is 4.90 Å². The van der Waals surface area contributed by atoms with Gasteiger partial charge in [-0.25, -0.2) is 0 Å². The molecule has 2 heteroatoms. The molecule has 0 bridgehead atoms. The van der Waals surface area contributed by atoms with Crippen LogP contribution in [0.4, 0.5) is 5.69 Å². The van der Waals surface area contributed by atoms with Crippen LogP contribution in [0.2, 0.25) is 0 Å². The summed E-state index contributed by atoms with van der Waals surface area (Å²) in [5, 5.41) is 0. The van der Waals surface area contributed by atoms with Crippen LogP contribution in [0.1, 0.15) is 21.5 Å². The van der Waals surface area contributed by atoms with E-state index in [1.807, 2.05) is 66.7 Å². The van der Waals surface area contributed by atoms with Crippen molar-refractivity contribution in [1.82, 2.24) is 0 Å². The number of para-hydroxylation sites is 1. The molecule has 1 heterocycles. The SMILES string of the molecule is O=C1C(=Cc2ccccc2)CN(Cc2ccccc2)c2ccccc21. The Balaban J connectivity index is 1.73. The molecule has 0 atom stereocenters. The molecule has 0 aromatic heterocycles. The summed E-state index contributed by atoms with van der Waals surface area (Å²) in [5.41, 5.74) is 4.94. The van der Waals surface area contributed by atoms with Crippen LogP contribution in [0, 0.1) is 0 Å². The van der Waals surface area contributed by atoms with Crippen molar-refractivity contribution in [2.45, 2.75) is 6.54 Å². The van der Waals surface area contributed by atoms with E-state index in [-0.39, 0.29) is 5.78 Å². The normalized spacial score (nSPS) is 15.3. The Morgan fingerprint density at radius 3 is 2.20 bits per heavy atom. The van der Waals surface area contributed by atoms with Crippen LogP contribution in [-0.4, -0.2) is 12.3 Å². The van der Waals surface area contributed by atoms with E-state index in [9.17, 15) is 4.79 Å². The van der Waals surface area contributed by atoms with Crippen molar-refractivity contribution in [2.24, 2.45) is 0 Å². The van der Waals surface area contributed by atoms with E-state index >= 15 is 0 Å². The summed E-state index contributed by atoms with van der Waals surface area (Å²) in [6.45, 7) is 1.41. The lowest BCUT2D eigenvalue weighted by Gasteiger charge is -2.32. The van der Waals surface area contributed by atoms with Gasteiger partial charge in [0.2, 0.25) is 0 Å². The maximum Gasteiger partial charge on any atom is 0.192 e. The second-order valence-corrected chi connectivity index (χ2v) is 6.27. The highest BCUT2D eigenvalue weighted by Gasteiger charge is 2.26. The van der Waals surface area contributed by atoms with Crippen LogP contribution in [0.5, 0.6) is 0 Å². The van der Waals surface area contributed by atoms with E-state index < -0.39 is 0 Å². The zero-order valence-corrected chi connectivity index (χ0v) is 13.9. The lowest BCUT2D eigenvalue weighted by atomic mass is 9.94. The van der Waals surface area contributed by atoms with Gasteiger partial charge in [0, 0.05) is 29.9 Å². The number of benzene rings is 3. The fourth-order valence-corrected chi connectivity index (χ4v) is 3.28.